The van der Waals surface area contributed by atoms with Crippen LogP contribution in [0.3, 0.4) is 0 Å². The van der Waals surface area contributed by atoms with Gasteiger partial charge in [-0.25, -0.2) is 0 Å². The van der Waals surface area contributed by atoms with Crippen LogP contribution < -0.4 is 0 Å². The monoisotopic (exact) mass is 103 g/mol. The maximum Gasteiger partial charge on any atom is 0.288 e. The topological polar surface area (TPSA) is 13.1 Å². The van der Waals surface area contributed by atoms with Gasteiger partial charge in [-0.1, -0.05) is 0 Å². The van der Waals surface area contributed by atoms with Crippen molar-refractivity contribution in [2.24, 2.45) is 0 Å². The van der Waals surface area contributed by atoms with E-state index in [-0.39, 0.29) is 0 Å². The van der Waals surface area contributed by atoms with Crippen LogP contribution in [0.5, 0.6) is 0 Å². The van der Waals surface area contributed by atoms with E-state index in [1.165, 1.54) is 0 Å². The molecule has 0 aliphatic carbocycles. The van der Waals surface area contributed by atoms with E-state index in [1.807, 2.05) is 6.07 Å². The first kappa shape index (κ1) is 4.30. The van der Waals surface area contributed by atoms with Crippen molar-refractivity contribution in [2.45, 2.75) is 0 Å². The highest BCUT2D eigenvalue weighted by molar-refractivity contribution is 4.83. The highest BCUT2D eigenvalue weighted by atomic mass is 19.2. The molecule has 1 nitrogen and oxygen atoms in total. The summed E-state index contributed by atoms with van der Waals surface area (Å²) < 4.78 is 26.6. The van der Waals surface area contributed by atoms with Gasteiger partial charge in [-0.15, -0.1) is 0 Å². The van der Waals surface area contributed by atoms with Crippen LogP contribution in [-0.4, -0.2) is 0 Å². The molecule has 0 bridgehead atoms. The third kappa shape index (κ3) is 0.765. The predicted molar refractivity (Wildman–Crippen MR) is 17.5 cm³/mol. The molecule has 0 unspecified atom stereocenters. The van der Waals surface area contributed by atoms with E-state index in [9.17, 15) is 8.78 Å². The van der Waals surface area contributed by atoms with Gasteiger partial charge in [-0.2, -0.15) is 8.78 Å². The summed E-state index contributed by atoms with van der Waals surface area (Å²) in [5.74, 6) is 0. The molecule has 0 aliphatic heterocycles. The molecule has 0 amide bonds. The summed E-state index contributed by atoms with van der Waals surface area (Å²) in [6.45, 7) is 0. The second kappa shape index (κ2) is 1.33. The van der Waals surface area contributed by atoms with Crippen molar-refractivity contribution in [1.82, 2.24) is 0 Å². The Morgan fingerprint density at radius 3 is 2.43 bits per heavy atom. The Labute approximate surface area is 38.6 Å². The predicted octanol–water partition coefficient (Wildman–Crippen LogP) is 1.36. The number of hydrogen-bond acceptors (Lipinski definition) is 1. The average Bonchev–Trinajstić information content (AvgIpc) is 1.87. The van der Waals surface area contributed by atoms with Gasteiger partial charge in [0, 0.05) is 6.07 Å². The van der Waals surface area contributed by atoms with Gasteiger partial charge >= 0.3 is 0 Å². The molecule has 0 fully saturated rings. The second-order valence-corrected chi connectivity index (χ2v) is 0.969. The summed E-state index contributed by atoms with van der Waals surface area (Å²) in [5.41, 5.74) is 0. The molecule has 1 rings (SSSR count). The fourth-order valence-corrected chi connectivity index (χ4v) is 0.258. The van der Waals surface area contributed by atoms with Crippen molar-refractivity contribution in [1.29, 1.82) is 0 Å². The Morgan fingerprint density at radius 2 is 2.29 bits per heavy atom. The lowest BCUT2D eigenvalue weighted by atomic mass is 10.7. The zero-order chi connectivity index (χ0) is 5.28. The lowest BCUT2D eigenvalue weighted by Crippen LogP contribution is -1.55. The van der Waals surface area contributed by atoms with Crippen LogP contribution in [0.25, 0.3) is 0 Å². The zero-order valence-corrected chi connectivity index (χ0v) is 3.24. The van der Waals surface area contributed by atoms with E-state index in [1.54, 1.807) is 0 Å². The molecule has 1 aromatic heterocycles. The van der Waals surface area contributed by atoms with Gasteiger partial charge in [0.25, 0.3) is 12.0 Å². The molecule has 37 valence electrons. The molecule has 0 spiro atoms. The average molecular weight is 103 g/mol. The first-order valence-electron chi connectivity index (χ1n) is 1.61. The number of hydrogen-bond donors (Lipinski definition) is 0. The van der Waals surface area contributed by atoms with Crippen molar-refractivity contribution < 1.29 is 13.2 Å². The molecule has 0 saturated heterocycles. The summed E-state index contributed by atoms with van der Waals surface area (Å²) in [7, 11) is 0. The SMILES string of the molecule is Fc1[c]cc(F)o1. The number of furan rings is 1. The summed E-state index contributed by atoms with van der Waals surface area (Å²) in [5, 5.41) is 0. The van der Waals surface area contributed by atoms with Crippen LogP contribution in [0.2, 0.25) is 0 Å². The van der Waals surface area contributed by atoms with Crippen molar-refractivity contribution in [3.8, 4) is 0 Å². The van der Waals surface area contributed by atoms with Crippen LogP contribution in [0, 0.1) is 18.1 Å². The Bertz CT molecular complexity index is 142. The number of rotatable bonds is 0. The van der Waals surface area contributed by atoms with E-state index in [2.05, 4.69) is 4.42 Å². The minimum atomic E-state index is -1.02. The Balaban J connectivity index is 3.04. The van der Waals surface area contributed by atoms with Gasteiger partial charge < -0.3 is 4.42 Å². The molecule has 0 saturated carbocycles. The molecule has 1 radical (unpaired) electrons. The fourth-order valence-electron chi connectivity index (χ4n) is 0.258. The standard InChI is InChI=1S/C4HF2O/c5-3-1-2-4(6)7-3/h1H. The normalized spacial score (nSPS) is 9.43. The van der Waals surface area contributed by atoms with Gasteiger partial charge in [-0.3, -0.25) is 0 Å². The highest BCUT2D eigenvalue weighted by Gasteiger charge is 1.95. The Morgan fingerprint density at radius 1 is 1.57 bits per heavy atom. The van der Waals surface area contributed by atoms with E-state index in [0.29, 0.717) is 0 Å². The Hall–Kier alpha value is -0.860. The van der Waals surface area contributed by atoms with E-state index < -0.39 is 12.0 Å². The van der Waals surface area contributed by atoms with E-state index in [4.69, 9.17) is 0 Å². The van der Waals surface area contributed by atoms with Gasteiger partial charge in [0.2, 0.25) is 0 Å². The molecule has 3 heteroatoms. The lowest BCUT2D eigenvalue weighted by Gasteiger charge is -1.68. The fraction of sp³-hybridized carbons (Fsp3) is 0. The smallest absolute Gasteiger partial charge is 0.288 e. The molecular formula is C4HF2O. The van der Waals surface area contributed by atoms with Crippen LogP contribution >= 0.6 is 0 Å². The van der Waals surface area contributed by atoms with Crippen LogP contribution in [0.15, 0.2) is 10.5 Å². The van der Waals surface area contributed by atoms with E-state index >= 15 is 0 Å². The summed E-state index contributed by atoms with van der Waals surface area (Å²) in [6, 6.07) is 0.684. The molecule has 0 aromatic carbocycles. The zero-order valence-electron chi connectivity index (χ0n) is 3.24. The molecular weight excluding hydrogens is 102 g/mol. The molecule has 0 atom stereocenters. The van der Waals surface area contributed by atoms with Crippen molar-refractivity contribution in [3.05, 3.63) is 24.2 Å². The quantitative estimate of drug-likeness (QED) is 0.483. The van der Waals surface area contributed by atoms with Gasteiger partial charge in [0.1, 0.15) is 0 Å². The molecule has 1 aromatic rings. The highest BCUT2D eigenvalue weighted by Crippen LogP contribution is 2.00. The second-order valence-electron chi connectivity index (χ2n) is 0.969. The first-order chi connectivity index (χ1) is 3.29. The minimum Gasteiger partial charge on any atom is -0.403 e. The van der Waals surface area contributed by atoms with Gasteiger partial charge in [0.15, 0.2) is 0 Å². The maximum atomic E-state index is 11.5. The third-order valence-corrected chi connectivity index (χ3v) is 0.486. The maximum absolute atomic E-state index is 11.5. The van der Waals surface area contributed by atoms with Crippen LogP contribution in [-0.2, 0) is 0 Å². The first-order valence-corrected chi connectivity index (χ1v) is 1.61. The minimum absolute atomic E-state index is 0.787. The molecule has 0 aliphatic rings. The summed E-state index contributed by atoms with van der Waals surface area (Å²) in [6.07, 6.45) is 0. The largest absolute Gasteiger partial charge is 0.403 e. The van der Waals surface area contributed by atoms with Crippen LogP contribution in [0.1, 0.15) is 0 Å². The molecule has 7 heavy (non-hydrogen) atoms. The van der Waals surface area contributed by atoms with Gasteiger partial charge in [0.05, 0.1) is 6.07 Å². The summed E-state index contributed by atoms with van der Waals surface area (Å²) >= 11 is 0. The summed E-state index contributed by atoms with van der Waals surface area (Å²) in [4.78, 5) is 0. The van der Waals surface area contributed by atoms with Crippen molar-refractivity contribution in [2.75, 3.05) is 0 Å². The van der Waals surface area contributed by atoms with E-state index in [0.717, 1.165) is 6.07 Å². The van der Waals surface area contributed by atoms with Gasteiger partial charge in [-0.05, 0) is 0 Å². The van der Waals surface area contributed by atoms with Crippen molar-refractivity contribution >= 4 is 0 Å². The molecule has 1 heterocycles. The Kier molecular flexibility index (Phi) is 0.817. The molecule has 0 N–H and O–H groups in total. The lowest BCUT2D eigenvalue weighted by molar-refractivity contribution is 0.266. The van der Waals surface area contributed by atoms with Crippen molar-refractivity contribution in [3.63, 3.8) is 0 Å². The van der Waals surface area contributed by atoms with Crippen LogP contribution in [0.4, 0.5) is 8.78 Å². The number of halogens is 2. The third-order valence-electron chi connectivity index (χ3n) is 0.486.